The first kappa shape index (κ1) is 10.6. The fraction of sp³-hybridized carbons (Fsp3) is 0.778. The molecule has 1 rings (SSSR count). The van der Waals surface area contributed by atoms with E-state index in [2.05, 4.69) is 19.6 Å². The second-order valence-electron chi connectivity index (χ2n) is 4.08. The van der Waals surface area contributed by atoms with Crippen LogP contribution in [0.4, 0.5) is 0 Å². The van der Waals surface area contributed by atoms with Gasteiger partial charge in [-0.05, 0) is 32.1 Å². The van der Waals surface area contributed by atoms with Crippen molar-refractivity contribution >= 4 is 8.32 Å². The molecular weight excluding hydrogens is 184 g/mol. The number of ether oxygens (including phenoxy) is 2. The summed E-state index contributed by atoms with van der Waals surface area (Å²) in [5, 5.41) is 0. The van der Waals surface area contributed by atoms with Crippen LogP contribution in [0.2, 0.25) is 19.6 Å². The first-order valence-electron chi connectivity index (χ1n) is 4.60. The Labute approximate surface area is 80.8 Å². The molecule has 0 saturated heterocycles. The van der Waals surface area contributed by atoms with E-state index in [1.807, 2.05) is 6.08 Å². The van der Waals surface area contributed by atoms with Crippen LogP contribution in [-0.2, 0) is 13.9 Å². The molecule has 1 atom stereocenters. The molecular formula is C9H18O3Si. The van der Waals surface area contributed by atoms with Gasteiger partial charge in [0.05, 0.1) is 7.11 Å². The van der Waals surface area contributed by atoms with Crippen LogP contribution in [0, 0.1) is 0 Å². The van der Waals surface area contributed by atoms with Gasteiger partial charge in [-0.1, -0.05) is 0 Å². The van der Waals surface area contributed by atoms with Gasteiger partial charge in [-0.15, -0.1) is 0 Å². The molecule has 0 radical (unpaired) electrons. The number of hydrogen-bond donors (Lipinski definition) is 0. The van der Waals surface area contributed by atoms with Crippen molar-refractivity contribution in [2.75, 3.05) is 7.11 Å². The van der Waals surface area contributed by atoms with Gasteiger partial charge in [0.15, 0.2) is 14.6 Å². The molecule has 76 valence electrons. The maximum Gasteiger partial charge on any atom is 0.276 e. The lowest BCUT2D eigenvalue weighted by Gasteiger charge is -2.29. The topological polar surface area (TPSA) is 27.7 Å². The van der Waals surface area contributed by atoms with Gasteiger partial charge in [0.2, 0.25) is 0 Å². The summed E-state index contributed by atoms with van der Waals surface area (Å²) in [4.78, 5) is 0. The van der Waals surface area contributed by atoms with E-state index in [9.17, 15) is 0 Å². The van der Waals surface area contributed by atoms with E-state index in [-0.39, 0.29) is 6.29 Å². The first-order valence-corrected chi connectivity index (χ1v) is 8.01. The zero-order valence-electron chi connectivity index (χ0n) is 8.79. The first-order chi connectivity index (χ1) is 6.01. The predicted octanol–water partition coefficient (Wildman–Crippen LogP) is 2.46. The number of hydrogen-bond acceptors (Lipinski definition) is 3. The number of rotatable bonds is 3. The van der Waals surface area contributed by atoms with Crippen LogP contribution >= 0.6 is 0 Å². The van der Waals surface area contributed by atoms with Gasteiger partial charge in [0.1, 0.15) is 0 Å². The third kappa shape index (κ3) is 3.82. The standard InChI is InChI=1S/C9H18O3Si/c1-10-8-6-5-7-9(11-8)12-13(2,3)4/h6,9H,5,7H2,1-4H3. The summed E-state index contributed by atoms with van der Waals surface area (Å²) in [6, 6.07) is 0. The van der Waals surface area contributed by atoms with Crippen LogP contribution in [0.3, 0.4) is 0 Å². The molecule has 1 aliphatic heterocycles. The molecule has 0 N–H and O–H groups in total. The fourth-order valence-corrected chi connectivity index (χ4v) is 2.14. The van der Waals surface area contributed by atoms with Crippen molar-refractivity contribution < 1.29 is 13.9 Å². The third-order valence-electron chi connectivity index (χ3n) is 1.65. The van der Waals surface area contributed by atoms with Crippen molar-refractivity contribution in [1.82, 2.24) is 0 Å². The molecule has 0 spiro atoms. The van der Waals surface area contributed by atoms with Crippen molar-refractivity contribution in [3.05, 3.63) is 12.0 Å². The van der Waals surface area contributed by atoms with Crippen LogP contribution in [0.25, 0.3) is 0 Å². The Balaban J connectivity index is 2.42. The fourth-order valence-electron chi connectivity index (χ4n) is 1.18. The Morgan fingerprint density at radius 3 is 2.69 bits per heavy atom. The molecule has 0 aromatic heterocycles. The highest BCUT2D eigenvalue weighted by Crippen LogP contribution is 2.21. The van der Waals surface area contributed by atoms with Crippen molar-refractivity contribution in [3.8, 4) is 0 Å². The van der Waals surface area contributed by atoms with Gasteiger partial charge in [0, 0.05) is 6.42 Å². The summed E-state index contributed by atoms with van der Waals surface area (Å²) < 4.78 is 16.3. The molecule has 1 unspecified atom stereocenters. The lowest BCUT2D eigenvalue weighted by molar-refractivity contribution is -0.108. The molecule has 1 heterocycles. The van der Waals surface area contributed by atoms with E-state index in [4.69, 9.17) is 13.9 Å². The van der Waals surface area contributed by atoms with Gasteiger partial charge in [-0.2, -0.15) is 0 Å². The molecule has 0 aliphatic carbocycles. The summed E-state index contributed by atoms with van der Waals surface area (Å²) in [7, 11) is 0.119. The third-order valence-corrected chi connectivity index (χ3v) is 2.62. The Morgan fingerprint density at radius 2 is 2.15 bits per heavy atom. The maximum absolute atomic E-state index is 5.81. The van der Waals surface area contributed by atoms with Crippen LogP contribution in [-0.4, -0.2) is 21.7 Å². The second-order valence-corrected chi connectivity index (χ2v) is 8.54. The Kier molecular flexibility index (Phi) is 3.38. The van der Waals surface area contributed by atoms with Crippen molar-refractivity contribution in [2.24, 2.45) is 0 Å². The Morgan fingerprint density at radius 1 is 1.46 bits per heavy atom. The quantitative estimate of drug-likeness (QED) is 0.658. The van der Waals surface area contributed by atoms with E-state index >= 15 is 0 Å². The molecule has 1 aliphatic rings. The Bertz CT molecular complexity index is 196. The highest BCUT2D eigenvalue weighted by molar-refractivity contribution is 6.69. The Hall–Kier alpha value is -0.483. The summed E-state index contributed by atoms with van der Waals surface area (Å²) in [5.41, 5.74) is 0. The molecule has 3 nitrogen and oxygen atoms in total. The van der Waals surface area contributed by atoms with Gasteiger partial charge in [0.25, 0.3) is 5.95 Å². The van der Waals surface area contributed by atoms with Crippen LogP contribution in [0.1, 0.15) is 12.8 Å². The van der Waals surface area contributed by atoms with Crippen LogP contribution < -0.4 is 0 Å². The highest BCUT2D eigenvalue weighted by Gasteiger charge is 2.24. The minimum Gasteiger partial charge on any atom is -0.469 e. The van der Waals surface area contributed by atoms with E-state index in [1.165, 1.54) is 0 Å². The molecule has 0 fully saturated rings. The monoisotopic (exact) mass is 202 g/mol. The average Bonchev–Trinajstić information content (AvgIpc) is 2.01. The molecule has 0 aromatic rings. The normalized spacial score (nSPS) is 23.4. The highest BCUT2D eigenvalue weighted by atomic mass is 28.4. The van der Waals surface area contributed by atoms with Gasteiger partial charge >= 0.3 is 0 Å². The van der Waals surface area contributed by atoms with E-state index in [1.54, 1.807) is 7.11 Å². The average molecular weight is 202 g/mol. The zero-order valence-corrected chi connectivity index (χ0v) is 9.79. The summed E-state index contributed by atoms with van der Waals surface area (Å²) >= 11 is 0. The lowest BCUT2D eigenvalue weighted by Crippen LogP contribution is -2.34. The second kappa shape index (κ2) is 4.15. The lowest BCUT2D eigenvalue weighted by atomic mass is 10.2. The van der Waals surface area contributed by atoms with Crippen molar-refractivity contribution in [3.63, 3.8) is 0 Å². The maximum atomic E-state index is 5.81. The van der Waals surface area contributed by atoms with Crippen LogP contribution in [0.5, 0.6) is 0 Å². The molecule has 0 saturated carbocycles. The van der Waals surface area contributed by atoms with Crippen molar-refractivity contribution in [2.45, 2.75) is 38.8 Å². The van der Waals surface area contributed by atoms with Crippen LogP contribution in [0.15, 0.2) is 12.0 Å². The molecule has 0 bridgehead atoms. The minimum atomic E-state index is -1.49. The molecule has 0 amide bonds. The summed E-state index contributed by atoms with van der Waals surface area (Å²) in [6.45, 7) is 6.46. The summed E-state index contributed by atoms with van der Waals surface area (Å²) in [6.07, 6.45) is 3.74. The zero-order chi connectivity index (χ0) is 9.90. The van der Waals surface area contributed by atoms with Gasteiger partial charge in [-0.25, -0.2) is 0 Å². The molecule has 4 heteroatoms. The summed E-state index contributed by atoms with van der Waals surface area (Å²) in [5.74, 6) is 0.592. The predicted molar refractivity (Wildman–Crippen MR) is 53.6 cm³/mol. The smallest absolute Gasteiger partial charge is 0.276 e. The van der Waals surface area contributed by atoms with Gasteiger partial charge < -0.3 is 13.9 Å². The van der Waals surface area contributed by atoms with Gasteiger partial charge in [-0.3, -0.25) is 0 Å². The van der Waals surface area contributed by atoms with E-state index in [0.29, 0.717) is 5.95 Å². The largest absolute Gasteiger partial charge is 0.469 e. The minimum absolute atomic E-state index is 0.105. The van der Waals surface area contributed by atoms with Crippen molar-refractivity contribution in [1.29, 1.82) is 0 Å². The number of allylic oxidation sites excluding steroid dienone is 1. The number of methoxy groups -OCH3 is 1. The molecule has 13 heavy (non-hydrogen) atoms. The van der Waals surface area contributed by atoms with E-state index in [0.717, 1.165) is 12.8 Å². The molecule has 0 aromatic carbocycles. The van der Waals surface area contributed by atoms with E-state index < -0.39 is 8.32 Å². The SMILES string of the molecule is COC1=CCCC(O[Si](C)(C)C)O1.